The fourth-order valence-corrected chi connectivity index (χ4v) is 2.62. The van der Waals surface area contributed by atoms with Crippen LogP contribution in [0.15, 0.2) is 18.2 Å². The summed E-state index contributed by atoms with van der Waals surface area (Å²) < 4.78 is 5.96. The van der Waals surface area contributed by atoms with E-state index in [9.17, 15) is 0 Å². The lowest BCUT2D eigenvalue weighted by Gasteiger charge is -2.34. The van der Waals surface area contributed by atoms with E-state index < -0.39 is 0 Å². The summed E-state index contributed by atoms with van der Waals surface area (Å²) in [6, 6.07) is 5.55. The van der Waals surface area contributed by atoms with Crippen molar-refractivity contribution in [2.45, 2.75) is 52.2 Å². The molecule has 0 unspecified atom stereocenters. The van der Waals surface area contributed by atoms with Crippen LogP contribution in [0.3, 0.4) is 0 Å². The van der Waals surface area contributed by atoms with Crippen LogP contribution in [0.25, 0.3) is 0 Å². The van der Waals surface area contributed by atoms with Gasteiger partial charge in [0.2, 0.25) is 0 Å². The van der Waals surface area contributed by atoms with Crippen molar-refractivity contribution in [3.8, 4) is 0 Å². The SMILES string of the molecule is CC1(C)CCC(OCc2cc(N)ccc2Cl)CC1. The fourth-order valence-electron chi connectivity index (χ4n) is 2.45. The molecule has 0 amide bonds. The summed E-state index contributed by atoms with van der Waals surface area (Å²) in [7, 11) is 0. The first-order valence-corrected chi connectivity index (χ1v) is 7.00. The minimum absolute atomic E-state index is 0.371. The maximum absolute atomic E-state index is 6.12. The molecule has 0 aliphatic heterocycles. The number of nitrogen functional groups attached to an aromatic ring is 1. The van der Waals surface area contributed by atoms with Crippen molar-refractivity contribution in [2.24, 2.45) is 5.41 Å². The molecule has 100 valence electrons. The van der Waals surface area contributed by atoms with Crippen LogP contribution < -0.4 is 5.73 Å². The lowest BCUT2D eigenvalue weighted by Crippen LogP contribution is -2.26. The average Bonchev–Trinajstić information content (AvgIpc) is 2.32. The number of rotatable bonds is 3. The van der Waals surface area contributed by atoms with Crippen LogP contribution in [0.5, 0.6) is 0 Å². The number of halogens is 1. The molecule has 0 saturated heterocycles. The highest BCUT2D eigenvalue weighted by Crippen LogP contribution is 2.36. The quantitative estimate of drug-likeness (QED) is 0.824. The molecule has 1 aromatic rings. The largest absolute Gasteiger partial charge is 0.399 e. The summed E-state index contributed by atoms with van der Waals surface area (Å²) in [5.74, 6) is 0. The second-order valence-electron chi connectivity index (χ2n) is 6.03. The predicted octanol–water partition coefficient (Wildman–Crippen LogP) is 4.41. The van der Waals surface area contributed by atoms with Gasteiger partial charge in [-0.2, -0.15) is 0 Å². The summed E-state index contributed by atoms with van der Waals surface area (Å²) >= 11 is 6.12. The Morgan fingerprint density at radius 3 is 2.67 bits per heavy atom. The molecule has 2 nitrogen and oxygen atoms in total. The van der Waals surface area contributed by atoms with E-state index in [0.29, 0.717) is 18.1 Å². The second-order valence-corrected chi connectivity index (χ2v) is 6.43. The van der Waals surface area contributed by atoms with E-state index in [1.807, 2.05) is 18.2 Å². The van der Waals surface area contributed by atoms with Crippen LogP contribution in [0, 0.1) is 5.41 Å². The summed E-state index contributed by atoms with van der Waals surface area (Å²) in [6.45, 7) is 5.23. The number of anilines is 1. The van der Waals surface area contributed by atoms with Crippen LogP contribution in [0.4, 0.5) is 5.69 Å². The van der Waals surface area contributed by atoms with E-state index in [-0.39, 0.29) is 0 Å². The van der Waals surface area contributed by atoms with Crippen molar-refractivity contribution in [3.63, 3.8) is 0 Å². The Bertz CT molecular complexity index is 407. The molecule has 1 saturated carbocycles. The normalized spacial score (nSPS) is 19.9. The van der Waals surface area contributed by atoms with Gasteiger partial charge in [0.25, 0.3) is 0 Å². The third-order valence-electron chi connectivity index (χ3n) is 3.83. The fraction of sp³-hybridized carbons (Fsp3) is 0.600. The minimum Gasteiger partial charge on any atom is -0.399 e. The first kappa shape index (κ1) is 13.7. The zero-order chi connectivity index (χ0) is 13.2. The number of nitrogens with two attached hydrogens (primary N) is 1. The van der Waals surface area contributed by atoms with Crippen molar-refractivity contribution in [2.75, 3.05) is 5.73 Å². The van der Waals surface area contributed by atoms with Gasteiger partial charge >= 0.3 is 0 Å². The molecule has 1 aliphatic rings. The van der Waals surface area contributed by atoms with Crippen molar-refractivity contribution in [1.29, 1.82) is 0 Å². The van der Waals surface area contributed by atoms with Gasteiger partial charge < -0.3 is 10.5 Å². The van der Waals surface area contributed by atoms with Gasteiger partial charge in [0.15, 0.2) is 0 Å². The van der Waals surface area contributed by atoms with Crippen LogP contribution >= 0.6 is 11.6 Å². The van der Waals surface area contributed by atoms with Gasteiger partial charge in [0, 0.05) is 10.7 Å². The van der Waals surface area contributed by atoms with Crippen LogP contribution in [-0.4, -0.2) is 6.10 Å². The zero-order valence-electron chi connectivity index (χ0n) is 11.2. The summed E-state index contributed by atoms with van der Waals surface area (Å²) in [4.78, 5) is 0. The van der Waals surface area contributed by atoms with Crippen molar-refractivity contribution in [3.05, 3.63) is 28.8 Å². The molecule has 0 bridgehead atoms. The predicted molar refractivity (Wildman–Crippen MR) is 76.7 cm³/mol. The number of benzene rings is 1. The summed E-state index contributed by atoms with van der Waals surface area (Å²) in [5, 5.41) is 0.736. The first-order chi connectivity index (χ1) is 8.46. The Balaban J connectivity index is 1.87. The van der Waals surface area contributed by atoms with Gasteiger partial charge in [0.05, 0.1) is 12.7 Å². The Morgan fingerprint density at radius 2 is 2.00 bits per heavy atom. The van der Waals surface area contributed by atoms with Crippen LogP contribution in [-0.2, 0) is 11.3 Å². The van der Waals surface area contributed by atoms with Crippen molar-refractivity contribution in [1.82, 2.24) is 0 Å². The Kier molecular flexibility index (Phi) is 4.18. The number of hydrogen-bond donors (Lipinski definition) is 1. The molecule has 0 radical (unpaired) electrons. The first-order valence-electron chi connectivity index (χ1n) is 6.62. The Labute approximate surface area is 114 Å². The molecule has 2 rings (SSSR count). The van der Waals surface area contributed by atoms with E-state index in [2.05, 4.69) is 13.8 Å². The summed E-state index contributed by atoms with van der Waals surface area (Å²) in [5.41, 5.74) is 7.96. The van der Waals surface area contributed by atoms with E-state index in [1.54, 1.807) is 0 Å². The molecule has 1 aliphatic carbocycles. The van der Waals surface area contributed by atoms with Crippen molar-refractivity contribution >= 4 is 17.3 Å². The van der Waals surface area contributed by atoms with Gasteiger partial charge in [-0.1, -0.05) is 25.4 Å². The monoisotopic (exact) mass is 267 g/mol. The van der Waals surface area contributed by atoms with Gasteiger partial charge in [-0.15, -0.1) is 0 Å². The molecule has 3 heteroatoms. The molecule has 0 aromatic heterocycles. The Morgan fingerprint density at radius 1 is 1.33 bits per heavy atom. The topological polar surface area (TPSA) is 35.2 Å². The van der Waals surface area contributed by atoms with E-state index in [0.717, 1.165) is 29.1 Å². The number of ether oxygens (including phenoxy) is 1. The van der Waals surface area contributed by atoms with E-state index >= 15 is 0 Å². The van der Waals surface area contributed by atoms with Gasteiger partial charge in [-0.3, -0.25) is 0 Å². The summed E-state index contributed by atoms with van der Waals surface area (Å²) in [6.07, 6.45) is 5.14. The third-order valence-corrected chi connectivity index (χ3v) is 4.20. The molecule has 18 heavy (non-hydrogen) atoms. The van der Waals surface area contributed by atoms with Crippen LogP contribution in [0.2, 0.25) is 5.02 Å². The van der Waals surface area contributed by atoms with Crippen molar-refractivity contribution < 1.29 is 4.74 Å². The smallest absolute Gasteiger partial charge is 0.0735 e. The highest BCUT2D eigenvalue weighted by Gasteiger charge is 2.27. The third kappa shape index (κ3) is 3.63. The highest BCUT2D eigenvalue weighted by atomic mass is 35.5. The molecule has 2 N–H and O–H groups in total. The number of hydrogen-bond acceptors (Lipinski definition) is 2. The maximum atomic E-state index is 6.12. The molecular formula is C15H22ClNO. The lowest BCUT2D eigenvalue weighted by atomic mass is 9.76. The molecule has 0 atom stereocenters. The maximum Gasteiger partial charge on any atom is 0.0735 e. The van der Waals surface area contributed by atoms with Crippen LogP contribution in [0.1, 0.15) is 45.1 Å². The average molecular weight is 268 g/mol. The zero-order valence-corrected chi connectivity index (χ0v) is 12.0. The van der Waals surface area contributed by atoms with Gasteiger partial charge in [-0.05, 0) is 54.9 Å². The Hall–Kier alpha value is -0.730. The molecule has 0 spiro atoms. The minimum atomic E-state index is 0.371. The van der Waals surface area contributed by atoms with Gasteiger partial charge in [0.1, 0.15) is 0 Å². The lowest BCUT2D eigenvalue weighted by molar-refractivity contribution is -0.00553. The molecular weight excluding hydrogens is 246 g/mol. The standard InChI is InChI=1S/C15H22ClNO/c1-15(2)7-5-13(6-8-15)18-10-11-9-12(17)3-4-14(11)16/h3-4,9,13H,5-8,10,17H2,1-2H3. The molecule has 1 fully saturated rings. The van der Waals surface area contributed by atoms with Gasteiger partial charge in [-0.25, -0.2) is 0 Å². The highest BCUT2D eigenvalue weighted by molar-refractivity contribution is 6.31. The molecule has 0 heterocycles. The van der Waals surface area contributed by atoms with E-state index in [1.165, 1.54) is 12.8 Å². The second kappa shape index (κ2) is 5.50. The molecule has 1 aromatic carbocycles. The van der Waals surface area contributed by atoms with E-state index in [4.69, 9.17) is 22.1 Å².